The molecule has 0 aliphatic heterocycles. The molecule has 0 spiro atoms. The molecule has 0 fully saturated rings. The largest absolute Gasteiger partial charge is 0.383 e. The van der Waals surface area contributed by atoms with E-state index in [-0.39, 0.29) is 5.82 Å². The Bertz CT molecular complexity index is 479. The van der Waals surface area contributed by atoms with Gasteiger partial charge in [-0.15, -0.1) is 0 Å². The molecule has 0 radical (unpaired) electrons. The second kappa shape index (κ2) is 3.87. The van der Waals surface area contributed by atoms with Crippen molar-refractivity contribution in [3.05, 3.63) is 47.4 Å². The molecule has 0 atom stereocenters. The first kappa shape index (κ1) is 9.93. The molecule has 1 aromatic carbocycles. The number of halogens is 2. The third-order valence-corrected chi connectivity index (χ3v) is 2.23. The number of nitrogens with two attached hydrogens (primary N) is 1. The predicted octanol–water partition coefficient (Wildman–Crippen LogP) is 3.12. The summed E-state index contributed by atoms with van der Waals surface area (Å²) in [6.07, 6.45) is 1.58. The molecule has 1 aromatic heterocycles. The quantitative estimate of drug-likeness (QED) is 0.805. The zero-order chi connectivity index (χ0) is 10.8. The molecule has 0 saturated carbocycles. The average molecular weight is 223 g/mol. The topological polar surface area (TPSA) is 38.9 Å². The second-order valence-corrected chi connectivity index (χ2v) is 3.53. The molecule has 0 bridgehead atoms. The van der Waals surface area contributed by atoms with E-state index in [1.165, 1.54) is 12.1 Å². The molecule has 2 rings (SSSR count). The predicted molar refractivity (Wildman–Crippen MR) is 59.1 cm³/mol. The number of benzene rings is 1. The van der Waals surface area contributed by atoms with Gasteiger partial charge in [0.15, 0.2) is 0 Å². The van der Waals surface area contributed by atoms with E-state index < -0.39 is 0 Å². The van der Waals surface area contributed by atoms with Crippen LogP contribution in [0.15, 0.2) is 36.5 Å². The van der Waals surface area contributed by atoms with Crippen LogP contribution in [0.2, 0.25) is 5.02 Å². The minimum atomic E-state index is -0.388. The normalized spacial score (nSPS) is 10.3. The monoisotopic (exact) mass is 222 g/mol. The molecule has 4 heteroatoms. The van der Waals surface area contributed by atoms with Gasteiger partial charge in [-0.25, -0.2) is 9.37 Å². The van der Waals surface area contributed by atoms with Crippen molar-refractivity contribution in [2.24, 2.45) is 0 Å². The van der Waals surface area contributed by atoms with E-state index in [0.29, 0.717) is 22.0 Å². The Morgan fingerprint density at radius 3 is 2.73 bits per heavy atom. The molecule has 0 unspecified atom stereocenters. The lowest BCUT2D eigenvalue weighted by atomic mass is 10.1. The second-order valence-electron chi connectivity index (χ2n) is 3.09. The van der Waals surface area contributed by atoms with E-state index >= 15 is 0 Å². The zero-order valence-corrected chi connectivity index (χ0v) is 8.50. The zero-order valence-electron chi connectivity index (χ0n) is 7.74. The summed E-state index contributed by atoms with van der Waals surface area (Å²) in [4.78, 5) is 3.93. The first-order valence-electron chi connectivity index (χ1n) is 4.34. The summed E-state index contributed by atoms with van der Waals surface area (Å²) >= 11 is 5.75. The van der Waals surface area contributed by atoms with E-state index in [9.17, 15) is 4.39 Å². The van der Waals surface area contributed by atoms with Gasteiger partial charge in [0.1, 0.15) is 11.6 Å². The Morgan fingerprint density at radius 1 is 1.27 bits per heavy atom. The van der Waals surface area contributed by atoms with Gasteiger partial charge in [0.25, 0.3) is 0 Å². The number of nitrogen functional groups attached to an aromatic ring is 1. The summed E-state index contributed by atoms with van der Waals surface area (Å²) in [7, 11) is 0. The number of rotatable bonds is 1. The standard InChI is InChI=1S/C11H8ClFN2/c12-8-4-7(5-9(13)6-8)10-2-1-3-15-11(10)14/h1-6H,(H2,14,15). The van der Waals surface area contributed by atoms with Crippen LogP contribution in [0.5, 0.6) is 0 Å². The van der Waals surface area contributed by atoms with Crippen LogP contribution in [0.25, 0.3) is 11.1 Å². The molecular weight excluding hydrogens is 215 g/mol. The van der Waals surface area contributed by atoms with Gasteiger partial charge < -0.3 is 5.73 Å². The van der Waals surface area contributed by atoms with Gasteiger partial charge in [-0.3, -0.25) is 0 Å². The third-order valence-electron chi connectivity index (χ3n) is 2.01. The number of hydrogen-bond donors (Lipinski definition) is 1. The van der Waals surface area contributed by atoms with Gasteiger partial charge in [0, 0.05) is 16.8 Å². The van der Waals surface area contributed by atoms with Gasteiger partial charge in [0.05, 0.1) is 0 Å². The Balaban J connectivity index is 2.59. The Hall–Kier alpha value is -1.61. The van der Waals surface area contributed by atoms with Crippen LogP contribution in [0.1, 0.15) is 0 Å². The van der Waals surface area contributed by atoms with Gasteiger partial charge in [-0.05, 0) is 35.9 Å². The highest BCUT2D eigenvalue weighted by Gasteiger charge is 2.05. The average Bonchev–Trinajstić information content (AvgIpc) is 2.16. The fraction of sp³-hybridized carbons (Fsp3) is 0. The number of aromatic nitrogens is 1. The van der Waals surface area contributed by atoms with E-state index in [2.05, 4.69) is 4.98 Å². The molecule has 0 aliphatic rings. The minimum absolute atomic E-state index is 0.341. The van der Waals surface area contributed by atoms with E-state index in [4.69, 9.17) is 17.3 Å². The van der Waals surface area contributed by atoms with Crippen LogP contribution in [0.4, 0.5) is 10.2 Å². The van der Waals surface area contributed by atoms with Gasteiger partial charge >= 0.3 is 0 Å². The number of pyridine rings is 1. The van der Waals surface area contributed by atoms with E-state index in [1.54, 1.807) is 24.4 Å². The first-order valence-corrected chi connectivity index (χ1v) is 4.71. The summed E-state index contributed by atoms with van der Waals surface area (Å²) in [6.45, 7) is 0. The molecule has 2 N–H and O–H groups in total. The maximum Gasteiger partial charge on any atom is 0.131 e. The van der Waals surface area contributed by atoms with Crippen molar-refractivity contribution in [2.75, 3.05) is 5.73 Å². The molecule has 0 aliphatic carbocycles. The van der Waals surface area contributed by atoms with Crippen molar-refractivity contribution >= 4 is 17.4 Å². The highest BCUT2D eigenvalue weighted by Crippen LogP contribution is 2.27. The third kappa shape index (κ3) is 2.07. The molecule has 1 heterocycles. The van der Waals surface area contributed by atoms with E-state index in [1.807, 2.05) is 0 Å². The van der Waals surface area contributed by atoms with Crippen molar-refractivity contribution in [1.82, 2.24) is 4.98 Å². The van der Waals surface area contributed by atoms with Crippen LogP contribution in [0, 0.1) is 5.82 Å². The van der Waals surface area contributed by atoms with Crippen LogP contribution < -0.4 is 5.73 Å². The lowest BCUT2D eigenvalue weighted by molar-refractivity contribution is 0.628. The Kier molecular flexibility index (Phi) is 2.56. The summed E-state index contributed by atoms with van der Waals surface area (Å²) in [5, 5.41) is 0.341. The summed E-state index contributed by atoms with van der Waals surface area (Å²) in [5.41, 5.74) is 6.99. The molecular formula is C11H8ClFN2. The van der Waals surface area contributed by atoms with Crippen molar-refractivity contribution in [3.8, 4) is 11.1 Å². The highest BCUT2D eigenvalue weighted by atomic mass is 35.5. The summed E-state index contributed by atoms with van der Waals surface area (Å²) in [5.74, 6) is -0.0279. The fourth-order valence-electron chi connectivity index (χ4n) is 1.37. The summed E-state index contributed by atoms with van der Waals surface area (Å²) in [6, 6.07) is 7.78. The SMILES string of the molecule is Nc1ncccc1-c1cc(F)cc(Cl)c1. The minimum Gasteiger partial charge on any atom is -0.383 e. The molecule has 0 saturated heterocycles. The van der Waals surface area contributed by atoms with E-state index in [0.717, 1.165) is 0 Å². The molecule has 2 nitrogen and oxygen atoms in total. The van der Waals surface area contributed by atoms with Gasteiger partial charge in [-0.2, -0.15) is 0 Å². The van der Waals surface area contributed by atoms with Crippen LogP contribution in [-0.4, -0.2) is 4.98 Å². The molecule has 15 heavy (non-hydrogen) atoms. The Labute approximate surface area is 91.5 Å². The van der Waals surface area contributed by atoms with Crippen LogP contribution >= 0.6 is 11.6 Å². The number of anilines is 1. The maximum absolute atomic E-state index is 13.1. The highest BCUT2D eigenvalue weighted by molar-refractivity contribution is 6.30. The number of hydrogen-bond acceptors (Lipinski definition) is 2. The smallest absolute Gasteiger partial charge is 0.131 e. The van der Waals surface area contributed by atoms with Gasteiger partial charge in [-0.1, -0.05) is 11.6 Å². The number of nitrogens with zero attached hydrogens (tertiary/aromatic N) is 1. The van der Waals surface area contributed by atoms with Crippen molar-refractivity contribution < 1.29 is 4.39 Å². The molecule has 0 amide bonds. The first-order chi connectivity index (χ1) is 7.16. The van der Waals surface area contributed by atoms with Crippen LogP contribution in [-0.2, 0) is 0 Å². The lowest BCUT2D eigenvalue weighted by Gasteiger charge is -2.05. The van der Waals surface area contributed by atoms with Crippen molar-refractivity contribution in [1.29, 1.82) is 0 Å². The fourth-order valence-corrected chi connectivity index (χ4v) is 1.59. The molecule has 76 valence electrons. The summed E-state index contributed by atoms with van der Waals surface area (Å²) < 4.78 is 13.1. The van der Waals surface area contributed by atoms with Crippen molar-refractivity contribution in [3.63, 3.8) is 0 Å². The lowest BCUT2D eigenvalue weighted by Crippen LogP contribution is -1.93. The van der Waals surface area contributed by atoms with Crippen molar-refractivity contribution in [2.45, 2.75) is 0 Å². The van der Waals surface area contributed by atoms with Gasteiger partial charge in [0.2, 0.25) is 0 Å². The maximum atomic E-state index is 13.1. The molecule has 2 aromatic rings. The van der Waals surface area contributed by atoms with Crippen LogP contribution in [0.3, 0.4) is 0 Å². The Morgan fingerprint density at radius 2 is 2.07 bits per heavy atom.